The van der Waals surface area contributed by atoms with Gasteiger partial charge in [0, 0.05) is 18.3 Å². The highest BCUT2D eigenvalue weighted by Gasteiger charge is 2.22. The van der Waals surface area contributed by atoms with Gasteiger partial charge in [0.15, 0.2) is 0 Å². The maximum Gasteiger partial charge on any atom is 0.252 e. The second-order valence-corrected chi connectivity index (χ2v) is 6.57. The summed E-state index contributed by atoms with van der Waals surface area (Å²) in [6.45, 7) is 4.34. The highest BCUT2D eigenvalue weighted by molar-refractivity contribution is 6.34. The van der Waals surface area contributed by atoms with Crippen molar-refractivity contribution in [1.82, 2.24) is 5.32 Å². The van der Waals surface area contributed by atoms with Gasteiger partial charge in [-0.25, -0.2) is 0 Å². The highest BCUT2D eigenvalue weighted by Crippen LogP contribution is 2.24. The van der Waals surface area contributed by atoms with E-state index in [-0.39, 0.29) is 16.8 Å². The monoisotopic (exact) mass is 373 g/mol. The maximum atomic E-state index is 12.5. The molecule has 0 aliphatic heterocycles. The first-order chi connectivity index (χ1) is 12.4. The molecule has 2 rings (SSSR count). The molecule has 0 fully saturated rings. The van der Waals surface area contributed by atoms with Gasteiger partial charge in [-0.15, -0.1) is 0 Å². The summed E-state index contributed by atoms with van der Waals surface area (Å²) in [5.74, 6) is -0.862. The predicted octanol–water partition coefficient (Wildman–Crippen LogP) is 3.75. The predicted molar refractivity (Wildman–Crippen MR) is 105 cm³/mol. The van der Waals surface area contributed by atoms with Crippen molar-refractivity contribution in [3.8, 4) is 0 Å². The van der Waals surface area contributed by atoms with E-state index in [2.05, 4.69) is 10.6 Å². The van der Waals surface area contributed by atoms with Gasteiger partial charge < -0.3 is 16.4 Å². The zero-order chi connectivity index (χ0) is 19.1. The van der Waals surface area contributed by atoms with Crippen LogP contribution in [0.4, 0.5) is 5.69 Å². The van der Waals surface area contributed by atoms with Crippen LogP contribution in [0.3, 0.4) is 0 Å². The van der Waals surface area contributed by atoms with Gasteiger partial charge in [0.1, 0.15) is 0 Å². The minimum Gasteiger partial charge on any atom is -0.352 e. The largest absolute Gasteiger partial charge is 0.352 e. The molecule has 0 radical (unpaired) electrons. The van der Waals surface area contributed by atoms with Gasteiger partial charge in [0.2, 0.25) is 5.91 Å². The Morgan fingerprint density at radius 3 is 2.46 bits per heavy atom. The smallest absolute Gasteiger partial charge is 0.252 e. The summed E-state index contributed by atoms with van der Waals surface area (Å²) in [6, 6.07) is 13.9. The van der Waals surface area contributed by atoms with Crippen LogP contribution >= 0.6 is 11.6 Å². The summed E-state index contributed by atoms with van der Waals surface area (Å²) in [5, 5.41) is 5.87. The van der Waals surface area contributed by atoms with Crippen LogP contribution in [0.1, 0.15) is 42.2 Å². The molecule has 2 unspecified atom stereocenters. The van der Waals surface area contributed by atoms with Crippen LogP contribution in [0.5, 0.6) is 0 Å². The lowest BCUT2D eigenvalue weighted by Crippen LogP contribution is -2.30. The summed E-state index contributed by atoms with van der Waals surface area (Å²) in [6.07, 6.45) is 0.844. The summed E-state index contributed by atoms with van der Waals surface area (Å²) >= 11 is 6.19. The van der Waals surface area contributed by atoms with Crippen molar-refractivity contribution in [2.45, 2.75) is 26.3 Å². The van der Waals surface area contributed by atoms with E-state index in [4.69, 9.17) is 17.3 Å². The van der Waals surface area contributed by atoms with Gasteiger partial charge in [0.05, 0.1) is 16.5 Å². The van der Waals surface area contributed by atoms with E-state index in [0.29, 0.717) is 17.8 Å². The molecule has 0 aliphatic rings. The van der Waals surface area contributed by atoms with Crippen LogP contribution in [-0.2, 0) is 4.79 Å². The molecule has 5 nitrogen and oxygen atoms in total. The van der Waals surface area contributed by atoms with Crippen LogP contribution in [0.15, 0.2) is 48.5 Å². The number of nitrogens with two attached hydrogens (primary N) is 1. The summed E-state index contributed by atoms with van der Waals surface area (Å²) in [4.78, 5) is 24.5. The molecule has 0 saturated carbocycles. The van der Waals surface area contributed by atoms with Gasteiger partial charge in [-0.1, -0.05) is 55.8 Å². The van der Waals surface area contributed by atoms with Crippen molar-refractivity contribution < 1.29 is 9.59 Å². The van der Waals surface area contributed by atoms with E-state index in [9.17, 15) is 9.59 Å². The first-order valence-corrected chi connectivity index (χ1v) is 9.01. The molecule has 2 aromatic rings. The molecular formula is C20H24ClN3O2. The van der Waals surface area contributed by atoms with Crippen molar-refractivity contribution in [1.29, 1.82) is 0 Å². The first kappa shape index (κ1) is 19.9. The zero-order valence-corrected chi connectivity index (χ0v) is 15.7. The molecule has 0 bridgehead atoms. The molecule has 0 spiro atoms. The lowest BCUT2D eigenvalue weighted by atomic mass is 9.94. The topological polar surface area (TPSA) is 84.2 Å². The molecule has 2 atom stereocenters. The summed E-state index contributed by atoms with van der Waals surface area (Å²) < 4.78 is 0. The molecule has 2 aromatic carbocycles. The molecule has 0 aliphatic carbocycles. The molecule has 0 heterocycles. The standard InChI is InChI=1S/C20H24ClN3O2/c1-3-11-23-20(26)16-10-9-15(12-17(16)21)24-19(25)13(2)18(22)14-7-5-4-6-8-14/h4-10,12-13,18H,3,11,22H2,1-2H3,(H,23,26)(H,24,25). The van der Waals surface area contributed by atoms with Crippen LogP contribution in [-0.4, -0.2) is 18.4 Å². The van der Waals surface area contributed by atoms with Gasteiger partial charge in [-0.05, 0) is 30.2 Å². The first-order valence-electron chi connectivity index (χ1n) is 8.63. The fraction of sp³-hybridized carbons (Fsp3) is 0.300. The van der Waals surface area contributed by atoms with Gasteiger partial charge in [-0.2, -0.15) is 0 Å². The number of rotatable bonds is 7. The SMILES string of the molecule is CCCNC(=O)c1ccc(NC(=O)C(C)C(N)c2ccccc2)cc1Cl. The lowest BCUT2D eigenvalue weighted by molar-refractivity contribution is -0.120. The molecule has 138 valence electrons. The van der Waals surface area contributed by atoms with Crippen LogP contribution in [0.2, 0.25) is 5.02 Å². The van der Waals surface area contributed by atoms with Crippen LogP contribution in [0.25, 0.3) is 0 Å². The second-order valence-electron chi connectivity index (χ2n) is 6.16. The normalized spacial score (nSPS) is 12.9. The van der Waals surface area contributed by atoms with Gasteiger partial charge >= 0.3 is 0 Å². The van der Waals surface area contributed by atoms with Crippen LogP contribution in [0, 0.1) is 5.92 Å². The molecule has 2 amide bonds. The molecule has 6 heteroatoms. The Balaban J connectivity index is 2.04. The fourth-order valence-electron chi connectivity index (χ4n) is 2.49. The van der Waals surface area contributed by atoms with Crippen molar-refractivity contribution in [2.75, 3.05) is 11.9 Å². The van der Waals surface area contributed by atoms with E-state index < -0.39 is 12.0 Å². The van der Waals surface area contributed by atoms with Gasteiger partial charge in [-0.3, -0.25) is 9.59 Å². The van der Waals surface area contributed by atoms with Crippen molar-refractivity contribution in [3.05, 3.63) is 64.7 Å². The number of hydrogen-bond acceptors (Lipinski definition) is 3. The number of halogens is 1. The van der Waals surface area contributed by atoms with Crippen LogP contribution < -0.4 is 16.4 Å². The van der Waals surface area contributed by atoms with E-state index in [1.54, 1.807) is 25.1 Å². The molecule has 0 aromatic heterocycles. The van der Waals surface area contributed by atoms with Crippen molar-refractivity contribution >= 4 is 29.1 Å². The third kappa shape index (κ3) is 5.07. The second kappa shape index (κ2) is 9.36. The number of amides is 2. The molecular weight excluding hydrogens is 350 g/mol. The highest BCUT2D eigenvalue weighted by atomic mass is 35.5. The number of carbonyl (C=O) groups is 2. The number of nitrogens with one attached hydrogen (secondary N) is 2. The quantitative estimate of drug-likeness (QED) is 0.691. The Bertz CT molecular complexity index is 765. The van der Waals surface area contributed by atoms with E-state index in [0.717, 1.165) is 12.0 Å². The lowest BCUT2D eigenvalue weighted by Gasteiger charge is -2.20. The third-order valence-electron chi connectivity index (χ3n) is 4.15. The Labute approximate surface area is 158 Å². The van der Waals surface area contributed by atoms with Gasteiger partial charge in [0.25, 0.3) is 5.91 Å². The average molecular weight is 374 g/mol. The average Bonchev–Trinajstić information content (AvgIpc) is 2.65. The van der Waals surface area contributed by atoms with E-state index >= 15 is 0 Å². The fourth-order valence-corrected chi connectivity index (χ4v) is 2.76. The number of benzene rings is 2. The maximum absolute atomic E-state index is 12.5. The Hall–Kier alpha value is -2.37. The Morgan fingerprint density at radius 1 is 1.15 bits per heavy atom. The number of carbonyl (C=O) groups excluding carboxylic acids is 2. The number of hydrogen-bond donors (Lipinski definition) is 3. The summed E-state index contributed by atoms with van der Waals surface area (Å²) in [5.41, 5.74) is 8.00. The Kier molecular flexibility index (Phi) is 7.18. The zero-order valence-electron chi connectivity index (χ0n) is 15.0. The van der Waals surface area contributed by atoms with Crippen molar-refractivity contribution in [2.24, 2.45) is 11.7 Å². The molecule has 0 saturated heterocycles. The minimum atomic E-state index is -0.427. The summed E-state index contributed by atoms with van der Waals surface area (Å²) in [7, 11) is 0. The molecule has 4 N–H and O–H groups in total. The number of anilines is 1. The minimum absolute atomic E-state index is 0.208. The Morgan fingerprint density at radius 2 is 1.85 bits per heavy atom. The van der Waals surface area contributed by atoms with E-state index in [1.165, 1.54) is 0 Å². The third-order valence-corrected chi connectivity index (χ3v) is 4.47. The van der Waals surface area contributed by atoms with E-state index in [1.807, 2.05) is 37.3 Å². The van der Waals surface area contributed by atoms with Crippen molar-refractivity contribution in [3.63, 3.8) is 0 Å². The molecule has 26 heavy (non-hydrogen) atoms.